The van der Waals surface area contributed by atoms with Crippen LogP contribution in [0.1, 0.15) is 57.5 Å². The van der Waals surface area contributed by atoms with E-state index in [4.69, 9.17) is 4.99 Å². The molecule has 23 heavy (non-hydrogen) atoms. The zero-order valence-electron chi connectivity index (χ0n) is 16.0. The van der Waals surface area contributed by atoms with E-state index in [2.05, 4.69) is 57.3 Å². The molecule has 1 heterocycles. The first-order valence-electron chi connectivity index (χ1n) is 8.96. The van der Waals surface area contributed by atoms with Gasteiger partial charge in [0.05, 0.1) is 5.69 Å². The lowest BCUT2D eigenvalue weighted by atomic mass is 10.0. The van der Waals surface area contributed by atoms with Gasteiger partial charge in [-0.3, -0.25) is 9.67 Å². The molecule has 132 valence electrons. The summed E-state index contributed by atoms with van der Waals surface area (Å²) in [6.07, 6.45) is 3.33. The van der Waals surface area contributed by atoms with Crippen LogP contribution in [0.25, 0.3) is 0 Å². The Balaban J connectivity index is 2.70. The normalized spacial score (nSPS) is 13.5. The first kappa shape index (κ1) is 19.5. The standard InChI is InChI=1S/C18H35N5/c1-8-16(9-2)12-20-18(19-10-3)21-13(4)11-17-14(5)22-23(7)15(17)6/h13,16H,8-12H2,1-7H3,(H2,19,20,21). The SMILES string of the molecule is CCNC(=NCC(CC)CC)NC(C)Cc1c(C)nn(C)c1C. The van der Waals surface area contributed by atoms with Crippen LogP contribution in [0.3, 0.4) is 0 Å². The summed E-state index contributed by atoms with van der Waals surface area (Å²) in [5.41, 5.74) is 3.70. The number of hydrogen-bond acceptors (Lipinski definition) is 2. The summed E-state index contributed by atoms with van der Waals surface area (Å²) in [6, 6.07) is 0.316. The lowest BCUT2D eigenvalue weighted by Crippen LogP contribution is -2.43. The molecule has 0 aliphatic carbocycles. The monoisotopic (exact) mass is 321 g/mol. The molecule has 1 aromatic heterocycles. The van der Waals surface area contributed by atoms with Crippen LogP contribution in [-0.4, -0.2) is 34.9 Å². The summed E-state index contributed by atoms with van der Waals surface area (Å²) < 4.78 is 1.96. The van der Waals surface area contributed by atoms with Gasteiger partial charge >= 0.3 is 0 Å². The third-order valence-corrected chi connectivity index (χ3v) is 4.56. The average Bonchev–Trinajstić information content (AvgIpc) is 2.74. The summed E-state index contributed by atoms with van der Waals surface area (Å²) >= 11 is 0. The first-order chi connectivity index (χ1) is 10.9. The summed E-state index contributed by atoms with van der Waals surface area (Å²) in [5.74, 6) is 1.59. The molecule has 1 rings (SSSR count). The topological polar surface area (TPSA) is 54.2 Å². The van der Waals surface area contributed by atoms with Crippen LogP contribution in [0, 0.1) is 19.8 Å². The predicted molar refractivity (Wildman–Crippen MR) is 99.0 cm³/mol. The third-order valence-electron chi connectivity index (χ3n) is 4.56. The van der Waals surface area contributed by atoms with Crippen molar-refractivity contribution in [2.24, 2.45) is 18.0 Å². The predicted octanol–water partition coefficient (Wildman–Crippen LogP) is 2.96. The number of nitrogens with zero attached hydrogens (tertiary/aromatic N) is 3. The molecule has 0 fully saturated rings. The number of rotatable bonds is 8. The molecule has 0 bridgehead atoms. The second-order valence-electron chi connectivity index (χ2n) is 6.42. The fourth-order valence-corrected chi connectivity index (χ4v) is 2.79. The summed E-state index contributed by atoms with van der Waals surface area (Å²) in [4.78, 5) is 4.76. The molecule has 5 heteroatoms. The maximum absolute atomic E-state index is 4.76. The fourth-order valence-electron chi connectivity index (χ4n) is 2.79. The van der Waals surface area contributed by atoms with Crippen LogP contribution in [-0.2, 0) is 13.5 Å². The van der Waals surface area contributed by atoms with Crippen molar-refractivity contribution >= 4 is 5.96 Å². The molecule has 0 spiro atoms. The van der Waals surface area contributed by atoms with E-state index in [1.807, 2.05) is 11.7 Å². The van der Waals surface area contributed by atoms with E-state index in [1.165, 1.54) is 24.1 Å². The van der Waals surface area contributed by atoms with Gasteiger partial charge in [0.1, 0.15) is 0 Å². The van der Waals surface area contributed by atoms with Crippen molar-refractivity contribution in [1.29, 1.82) is 0 Å². The fraction of sp³-hybridized carbons (Fsp3) is 0.778. The summed E-state index contributed by atoms with van der Waals surface area (Å²) in [5, 5.41) is 11.4. The molecule has 1 unspecified atom stereocenters. The molecular formula is C18H35N5. The van der Waals surface area contributed by atoms with Crippen molar-refractivity contribution in [3.8, 4) is 0 Å². The van der Waals surface area contributed by atoms with Crippen LogP contribution in [0.2, 0.25) is 0 Å². The number of aryl methyl sites for hydroxylation is 2. The van der Waals surface area contributed by atoms with Gasteiger partial charge in [0.25, 0.3) is 0 Å². The van der Waals surface area contributed by atoms with Crippen molar-refractivity contribution < 1.29 is 0 Å². The number of aliphatic imine (C=N–C) groups is 1. The van der Waals surface area contributed by atoms with Gasteiger partial charge in [-0.05, 0) is 45.6 Å². The van der Waals surface area contributed by atoms with Crippen LogP contribution in [0.4, 0.5) is 0 Å². The van der Waals surface area contributed by atoms with E-state index in [9.17, 15) is 0 Å². The van der Waals surface area contributed by atoms with Gasteiger partial charge in [-0.25, -0.2) is 0 Å². The highest BCUT2D eigenvalue weighted by Gasteiger charge is 2.14. The Morgan fingerprint density at radius 2 is 1.87 bits per heavy atom. The molecule has 0 saturated heterocycles. The molecule has 0 saturated carbocycles. The minimum Gasteiger partial charge on any atom is -0.357 e. The second-order valence-corrected chi connectivity index (χ2v) is 6.42. The van der Waals surface area contributed by atoms with Crippen molar-refractivity contribution in [3.05, 3.63) is 17.0 Å². The van der Waals surface area contributed by atoms with Gasteiger partial charge in [-0.15, -0.1) is 0 Å². The third kappa shape index (κ3) is 5.88. The Morgan fingerprint density at radius 1 is 1.22 bits per heavy atom. The molecule has 0 aliphatic heterocycles. The lowest BCUT2D eigenvalue weighted by Gasteiger charge is -2.19. The molecule has 0 amide bonds. The summed E-state index contributed by atoms with van der Waals surface area (Å²) in [7, 11) is 2.01. The van der Waals surface area contributed by atoms with Gasteiger partial charge < -0.3 is 10.6 Å². The van der Waals surface area contributed by atoms with Crippen LogP contribution in [0.15, 0.2) is 4.99 Å². The molecule has 1 atom stereocenters. The first-order valence-corrected chi connectivity index (χ1v) is 8.96. The van der Waals surface area contributed by atoms with E-state index in [-0.39, 0.29) is 0 Å². The average molecular weight is 322 g/mol. The van der Waals surface area contributed by atoms with Crippen LogP contribution < -0.4 is 10.6 Å². The molecule has 1 aromatic rings. The number of nitrogens with one attached hydrogen (secondary N) is 2. The zero-order chi connectivity index (χ0) is 17.4. The van der Waals surface area contributed by atoms with E-state index in [0.717, 1.165) is 31.2 Å². The van der Waals surface area contributed by atoms with E-state index in [0.29, 0.717) is 12.0 Å². The minimum atomic E-state index is 0.316. The van der Waals surface area contributed by atoms with Gasteiger partial charge in [0.2, 0.25) is 0 Å². The Bertz CT molecular complexity index is 500. The quantitative estimate of drug-likeness (QED) is 0.572. The molecule has 0 aromatic carbocycles. The number of aromatic nitrogens is 2. The Hall–Kier alpha value is -1.52. The second kappa shape index (κ2) is 9.58. The smallest absolute Gasteiger partial charge is 0.191 e. The van der Waals surface area contributed by atoms with Gasteiger partial charge in [0, 0.05) is 31.9 Å². The van der Waals surface area contributed by atoms with Crippen LogP contribution in [0.5, 0.6) is 0 Å². The largest absolute Gasteiger partial charge is 0.357 e. The lowest BCUT2D eigenvalue weighted by molar-refractivity contribution is 0.502. The Labute approximate surface area is 142 Å². The molecule has 0 radical (unpaired) electrons. The highest BCUT2D eigenvalue weighted by atomic mass is 15.3. The maximum Gasteiger partial charge on any atom is 0.191 e. The van der Waals surface area contributed by atoms with Crippen molar-refractivity contribution in [1.82, 2.24) is 20.4 Å². The minimum absolute atomic E-state index is 0.316. The zero-order valence-corrected chi connectivity index (χ0v) is 16.0. The van der Waals surface area contributed by atoms with E-state index >= 15 is 0 Å². The van der Waals surface area contributed by atoms with Crippen molar-refractivity contribution in [2.75, 3.05) is 13.1 Å². The van der Waals surface area contributed by atoms with E-state index in [1.54, 1.807) is 0 Å². The summed E-state index contributed by atoms with van der Waals surface area (Å²) in [6.45, 7) is 14.8. The van der Waals surface area contributed by atoms with E-state index < -0.39 is 0 Å². The van der Waals surface area contributed by atoms with Crippen LogP contribution >= 0.6 is 0 Å². The highest BCUT2D eigenvalue weighted by Crippen LogP contribution is 2.14. The Morgan fingerprint density at radius 3 is 2.35 bits per heavy atom. The molecule has 0 aliphatic rings. The van der Waals surface area contributed by atoms with Crippen molar-refractivity contribution in [3.63, 3.8) is 0 Å². The maximum atomic E-state index is 4.76. The van der Waals surface area contributed by atoms with Gasteiger partial charge in [0.15, 0.2) is 5.96 Å². The van der Waals surface area contributed by atoms with Gasteiger partial charge in [-0.2, -0.15) is 5.10 Å². The Kier molecular flexibility index (Phi) is 8.13. The number of guanidine groups is 1. The molecule has 2 N–H and O–H groups in total. The molecular weight excluding hydrogens is 286 g/mol. The highest BCUT2D eigenvalue weighted by molar-refractivity contribution is 5.80. The molecule has 5 nitrogen and oxygen atoms in total. The van der Waals surface area contributed by atoms with Crippen molar-refractivity contribution in [2.45, 2.75) is 66.8 Å². The van der Waals surface area contributed by atoms with Gasteiger partial charge in [-0.1, -0.05) is 26.7 Å². The number of hydrogen-bond donors (Lipinski definition) is 2.